The molecule has 0 radical (unpaired) electrons. The van der Waals surface area contributed by atoms with Crippen LogP contribution in [-0.4, -0.2) is 25.6 Å². The van der Waals surface area contributed by atoms with Crippen LogP contribution in [0, 0.1) is 5.82 Å². The first-order valence-corrected chi connectivity index (χ1v) is 8.27. The summed E-state index contributed by atoms with van der Waals surface area (Å²) in [5.74, 6) is -0.844. The molecule has 0 bridgehead atoms. The van der Waals surface area contributed by atoms with E-state index in [4.69, 9.17) is 4.74 Å². The van der Waals surface area contributed by atoms with E-state index in [0.717, 1.165) is 10.0 Å². The van der Waals surface area contributed by atoms with Gasteiger partial charge in [0.15, 0.2) is 6.61 Å². The van der Waals surface area contributed by atoms with Gasteiger partial charge in [-0.05, 0) is 42.0 Å². The zero-order chi connectivity index (χ0) is 18.2. The number of benzene rings is 2. The second-order valence-corrected chi connectivity index (χ2v) is 6.11. The molecule has 0 aliphatic rings. The van der Waals surface area contributed by atoms with Gasteiger partial charge in [0.05, 0.1) is 19.6 Å². The Bertz CT molecular complexity index is 719. The van der Waals surface area contributed by atoms with Crippen LogP contribution in [0.1, 0.15) is 18.0 Å². The molecular formula is C18H17BrFNO4. The Morgan fingerprint density at radius 2 is 1.76 bits per heavy atom. The summed E-state index contributed by atoms with van der Waals surface area (Å²) in [6.07, 6.45) is 0.000417. The maximum atomic E-state index is 12.8. The molecular weight excluding hydrogens is 393 g/mol. The molecule has 2 rings (SSSR count). The van der Waals surface area contributed by atoms with Crippen LogP contribution < -0.4 is 10.1 Å². The van der Waals surface area contributed by atoms with E-state index in [1.54, 1.807) is 12.1 Å². The molecule has 0 saturated heterocycles. The molecule has 1 atom stereocenters. The fraction of sp³-hybridized carbons (Fsp3) is 0.222. The average Bonchev–Trinajstić information content (AvgIpc) is 2.61. The molecule has 0 aliphatic heterocycles. The summed E-state index contributed by atoms with van der Waals surface area (Å²) in [7, 11) is 1.29. The number of rotatable bonds is 7. The fourth-order valence-corrected chi connectivity index (χ4v) is 2.38. The first kappa shape index (κ1) is 18.9. The summed E-state index contributed by atoms with van der Waals surface area (Å²) in [6, 6.07) is 12.1. The number of hydrogen-bond donors (Lipinski definition) is 1. The number of amides is 1. The number of methoxy groups -OCH3 is 1. The highest BCUT2D eigenvalue weighted by Crippen LogP contribution is 2.20. The first-order chi connectivity index (χ1) is 12.0. The monoisotopic (exact) mass is 409 g/mol. The molecule has 0 spiro atoms. The summed E-state index contributed by atoms with van der Waals surface area (Å²) in [4.78, 5) is 23.7. The van der Waals surface area contributed by atoms with Crippen LogP contribution in [0.25, 0.3) is 0 Å². The minimum atomic E-state index is -0.537. The SMILES string of the molecule is COC(=O)CC(NC(=O)COc1ccc(F)cc1)c1ccc(Br)cc1. The first-order valence-electron chi connectivity index (χ1n) is 7.48. The van der Waals surface area contributed by atoms with Crippen LogP contribution in [0.3, 0.4) is 0 Å². The van der Waals surface area contributed by atoms with Gasteiger partial charge in [-0.1, -0.05) is 28.1 Å². The molecule has 0 aromatic heterocycles. The third kappa shape index (κ3) is 6.19. The lowest BCUT2D eigenvalue weighted by Crippen LogP contribution is -2.34. The smallest absolute Gasteiger partial charge is 0.307 e. The number of nitrogens with one attached hydrogen (secondary N) is 1. The zero-order valence-corrected chi connectivity index (χ0v) is 15.1. The van der Waals surface area contributed by atoms with Gasteiger partial charge in [0, 0.05) is 4.47 Å². The van der Waals surface area contributed by atoms with Crippen LogP contribution in [0.4, 0.5) is 4.39 Å². The Morgan fingerprint density at radius 1 is 1.12 bits per heavy atom. The lowest BCUT2D eigenvalue weighted by molar-refractivity contribution is -0.141. The standard InChI is InChI=1S/C18H17BrFNO4/c1-24-18(23)10-16(12-2-4-13(19)5-3-12)21-17(22)11-25-15-8-6-14(20)7-9-15/h2-9,16H,10-11H2,1H3,(H,21,22). The van der Waals surface area contributed by atoms with Gasteiger partial charge in [-0.3, -0.25) is 9.59 Å². The zero-order valence-electron chi connectivity index (χ0n) is 13.5. The molecule has 132 valence electrons. The number of esters is 1. The van der Waals surface area contributed by atoms with Crippen LogP contribution in [0.15, 0.2) is 53.0 Å². The second kappa shape index (κ2) is 9.17. The van der Waals surface area contributed by atoms with Gasteiger partial charge in [-0.25, -0.2) is 4.39 Å². The Labute approximate surface area is 153 Å². The van der Waals surface area contributed by atoms with Crippen molar-refractivity contribution in [1.82, 2.24) is 5.32 Å². The Kier molecular flexibility index (Phi) is 6.94. The molecule has 0 aliphatic carbocycles. The van der Waals surface area contributed by atoms with Gasteiger partial charge in [-0.2, -0.15) is 0 Å². The molecule has 7 heteroatoms. The highest BCUT2D eigenvalue weighted by Gasteiger charge is 2.19. The second-order valence-electron chi connectivity index (χ2n) is 5.19. The van der Waals surface area contributed by atoms with Crippen LogP contribution in [0.5, 0.6) is 5.75 Å². The van der Waals surface area contributed by atoms with E-state index in [0.29, 0.717) is 5.75 Å². The van der Waals surface area contributed by atoms with E-state index < -0.39 is 17.9 Å². The van der Waals surface area contributed by atoms with Gasteiger partial charge >= 0.3 is 5.97 Å². The number of hydrogen-bond acceptors (Lipinski definition) is 4. The van der Waals surface area contributed by atoms with Gasteiger partial charge in [0.2, 0.25) is 0 Å². The van der Waals surface area contributed by atoms with E-state index >= 15 is 0 Å². The minimum absolute atomic E-state index is 0.000417. The number of carbonyl (C=O) groups is 2. The number of carbonyl (C=O) groups excluding carboxylic acids is 2. The van der Waals surface area contributed by atoms with Crippen molar-refractivity contribution in [1.29, 1.82) is 0 Å². The summed E-state index contributed by atoms with van der Waals surface area (Å²) < 4.78 is 23.7. The highest BCUT2D eigenvalue weighted by molar-refractivity contribution is 9.10. The third-order valence-corrected chi connectivity index (χ3v) is 3.92. The summed E-state index contributed by atoms with van der Waals surface area (Å²) in [5.41, 5.74) is 0.767. The van der Waals surface area contributed by atoms with Crippen molar-refractivity contribution in [3.05, 3.63) is 64.4 Å². The summed E-state index contributed by atoms with van der Waals surface area (Å²) in [5, 5.41) is 2.75. The predicted octanol–water partition coefficient (Wildman–Crippen LogP) is 3.39. The molecule has 2 aromatic rings. The van der Waals surface area contributed by atoms with Gasteiger partial charge < -0.3 is 14.8 Å². The largest absolute Gasteiger partial charge is 0.484 e. The van der Waals surface area contributed by atoms with E-state index in [1.807, 2.05) is 12.1 Å². The molecule has 5 nitrogen and oxygen atoms in total. The van der Waals surface area contributed by atoms with Crippen molar-refractivity contribution >= 4 is 27.8 Å². The molecule has 2 aromatic carbocycles. The van der Waals surface area contributed by atoms with Crippen molar-refractivity contribution in [3.63, 3.8) is 0 Å². The lowest BCUT2D eigenvalue weighted by atomic mass is 10.0. The third-order valence-electron chi connectivity index (χ3n) is 3.39. The van der Waals surface area contributed by atoms with Gasteiger partial charge in [0.25, 0.3) is 5.91 Å². The van der Waals surface area contributed by atoms with Crippen molar-refractivity contribution in [2.24, 2.45) is 0 Å². The lowest BCUT2D eigenvalue weighted by Gasteiger charge is -2.18. The van der Waals surface area contributed by atoms with Gasteiger partial charge in [0.1, 0.15) is 11.6 Å². The van der Waals surface area contributed by atoms with Crippen molar-refractivity contribution < 1.29 is 23.5 Å². The molecule has 0 fully saturated rings. The molecule has 25 heavy (non-hydrogen) atoms. The Morgan fingerprint density at radius 3 is 2.36 bits per heavy atom. The van der Waals surface area contributed by atoms with Gasteiger partial charge in [-0.15, -0.1) is 0 Å². The molecule has 0 heterocycles. The van der Waals surface area contributed by atoms with Crippen molar-refractivity contribution in [2.75, 3.05) is 13.7 Å². The maximum Gasteiger partial charge on any atom is 0.307 e. The van der Waals surface area contributed by atoms with Crippen LogP contribution in [-0.2, 0) is 14.3 Å². The fourth-order valence-electron chi connectivity index (χ4n) is 2.11. The summed E-state index contributed by atoms with van der Waals surface area (Å²) in [6.45, 7) is -0.250. The summed E-state index contributed by atoms with van der Waals surface area (Å²) >= 11 is 3.34. The van der Waals surface area contributed by atoms with E-state index in [-0.39, 0.29) is 18.8 Å². The molecule has 0 saturated carbocycles. The van der Waals surface area contributed by atoms with Crippen LogP contribution in [0.2, 0.25) is 0 Å². The minimum Gasteiger partial charge on any atom is -0.484 e. The van der Waals surface area contributed by atoms with Crippen LogP contribution >= 0.6 is 15.9 Å². The predicted molar refractivity (Wildman–Crippen MR) is 93.6 cm³/mol. The normalized spacial score (nSPS) is 11.5. The van der Waals surface area contributed by atoms with Crippen molar-refractivity contribution in [3.8, 4) is 5.75 Å². The number of ether oxygens (including phenoxy) is 2. The topological polar surface area (TPSA) is 64.6 Å². The van der Waals surface area contributed by atoms with Crippen molar-refractivity contribution in [2.45, 2.75) is 12.5 Å². The van der Waals surface area contributed by atoms with E-state index in [9.17, 15) is 14.0 Å². The van der Waals surface area contributed by atoms with E-state index in [1.165, 1.54) is 31.4 Å². The Hall–Kier alpha value is -2.41. The van der Waals surface area contributed by atoms with E-state index in [2.05, 4.69) is 26.0 Å². The average molecular weight is 410 g/mol. The highest BCUT2D eigenvalue weighted by atomic mass is 79.9. The maximum absolute atomic E-state index is 12.8. The molecule has 1 unspecified atom stereocenters. The Balaban J connectivity index is 1.99. The number of halogens is 2. The molecule has 1 N–H and O–H groups in total. The molecule has 1 amide bonds. The quantitative estimate of drug-likeness (QED) is 0.711.